The number of ether oxygens (including phenoxy) is 1. The van der Waals surface area contributed by atoms with Gasteiger partial charge in [0.15, 0.2) is 0 Å². The highest BCUT2D eigenvalue weighted by Gasteiger charge is 2.22. The second kappa shape index (κ2) is 11.4. The molecule has 3 aromatic heterocycles. The molecule has 6 heteroatoms. The zero-order valence-electron chi connectivity index (χ0n) is 26.2. The first kappa shape index (κ1) is 28.5. The largest absolute Gasteiger partial charge is 0.457 e. The summed E-state index contributed by atoms with van der Waals surface area (Å²) in [7, 11) is 0. The van der Waals surface area contributed by atoms with E-state index in [1.165, 1.54) is 46.3 Å². The van der Waals surface area contributed by atoms with Gasteiger partial charge in [-0.25, -0.2) is 14.1 Å². The normalized spacial score (nSPS) is 11.6. The molecule has 0 amide bonds. The van der Waals surface area contributed by atoms with Gasteiger partial charge in [-0.1, -0.05) is 63.2 Å². The topological polar surface area (TPSA) is 44.9 Å². The molecule has 5 nitrogen and oxygen atoms in total. The van der Waals surface area contributed by atoms with Crippen LogP contribution in [0.3, 0.4) is 0 Å². The van der Waals surface area contributed by atoms with E-state index in [1.54, 1.807) is 0 Å². The number of halogens is 1. The fourth-order valence-electron chi connectivity index (χ4n) is 6.22. The number of pyridine rings is 1. The SMILES string of the molecule is CCc1c(-c2ccc(C)c(C)c2)c(C(C)C)nn1-c1cccc(Oc2ccc3c4ccccc4n(-c4cc(F)ccn4)c3c2)c1. The van der Waals surface area contributed by atoms with Crippen LogP contribution in [0.1, 0.15) is 49.2 Å². The number of aryl methyl sites for hydroxylation is 2. The highest BCUT2D eigenvalue weighted by molar-refractivity contribution is 6.09. The minimum Gasteiger partial charge on any atom is -0.457 e. The number of fused-ring (bicyclic) bond motifs is 3. The summed E-state index contributed by atoms with van der Waals surface area (Å²) in [5, 5.41) is 7.28. The van der Waals surface area contributed by atoms with Crippen molar-refractivity contribution in [3.05, 3.63) is 132 Å². The molecular formula is C39H35FN4O. The average Bonchev–Trinajstić information content (AvgIpc) is 3.59. The van der Waals surface area contributed by atoms with Crippen molar-refractivity contribution < 1.29 is 9.13 Å². The van der Waals surface area contributed by atoms with Gasteiger partial charge in [-0.15, -0.1) is 0 Å². The van der Waals surface area contributed by atoms with Gasteiger partial charge in [0.1, 0.15) is 23.1 Å². The molecule has 0 saturated heterocycles. The number of rotatable bonds is 7. The van der Waals surface area contributed by atoms with Gasteiger partial charge in [0.25, 0.3) is 0 Å². The first-order chi connectivity index (χ1) is 21.8. The Bertz CT molecular complexity index is 2210. The fraction of sp³-hybridized carbons (Fsp3) is 0.179. The van der Waals surface area contributed by atoms with Gasteiger partial charge in [0, 0.05) is 40.7 Å². The predicted molar refractivity (Wildman–Crippen MR) is 181 cm³/mol. The van der Waals surface area contributed by atoms with Gasteiger partial charge in [0.05, 0.1) is 28.1 Å². The molecule has 3 heterocycles. The third-order valence-electron chi connectivity index (χ3n) is 8.57. The van der Waals surface area contributed by atoms with Gasteiger partial charge in [-0.3, -0.25) is 4.57 Å². The molecule has 0 aliphatic carbocycles. The first-order valence-electron chi connectivity index (χ1n) is 15.4. The Hall–Kier alpha value is -5.23. The summed E-state index contributed by atoms with van der Waals surface area (Å²) >= 11 is 0. The van der Waals surface area contributed by atoms with Crippen LogP contribution in [0.5, 0.6) is 11.5 Å². The van der Waals surface area contributed by atoms with Crippen molar-refractivity contribution in [2.75, 3.05) is 0 Å². The Morgan fingerprint density at radius 1 is 0.778 bits per heavy atom. The maximum Gasteiger partial charge on any atom is 0.140 e. The molecule has 45 heavy (non-hydrogen) atoms. The van der Waals surface area contributed by atoms with Gasteiger partial charge < -0.3 is 4.74 Å². The van der Waals surface area contributed by atoms with Crippen LogP contribution in [-0.4, -0.2) is 19.3 Å². The van der Waals surface area contributed by atoms with Crippen LogP contribution in [0.15, 0.2) is 103 Å². The number of hydrogen-bond donors (Lipinski definition) is 0. The Kier molecular flexibility index (Phi) is 7.20. The van der Waals surface area contributed by atoms with Crippen LogP contribution in [0.2, 0.25) is 0 Å². The summed E-state index contributed by atoms with van der Waals surface area (Å²) in [5.41, 5.74) is 10.0. The maximum atomic E-state index is 14.3. The molecule has 0 atom stereocenters. The molecule has 0 radical (unpaired) electrons. The van der Waals surface area contributed by atoms with Gasteiger partial charge >= 0.3 is 0 Å². The van der Waals surface area contributed by atoms with Crippen LogP contribution >= 0.6 is 0 Å². The predicted octanol–water partition coefficient (Wildman–Crippen LogP) is 10.3. The van der Waals surface area contributed by atoms with Crippen molar-refractivity contribution in [1.29, 1.82) is 0 Å². The minimum atomic E-state index is -0.332. The summed E-state index contributed by atoms with van der Waals surface area (Å²) in [5.74, 6) is 1.83. The van der Waals surface area contributed by atoms with E-state index in [1.807, 2.05) is 53.1 Å². The monoisotopic (exact) mass is 594 g/mol. The van der Waals surface area contributed by atoms with Gasteiger partial charge in [-0.2, -0.15) is 5.10 Å². The molecule has 7 aromatic rings. The zero-order valence-corrected chi connectivity index (χ0v) is 26.2. The molecule has 7 rings (SSSR count). The quantitative estimate of drug-likeness (QED) is 0.184. The van der Waals surface area contributed by atoms with Crippen molar-refractivity contribution in [2.45, 2.75) is 47.0 Å². The Labute approximate surface area is 262 Å². The van der Waals surface area contributed by atoms with E-state index < -0.39 is 0 Å². The number of aromatic nitrogens is 4. The summed E-state index contributed by atoms with van der Waals surface area (Å²) < 4.78 is 24.8. The first-order valence-corrected chi connectivity index (χ1v) is 15.4. The highest BCUT2D eigenvalue weighted by atomic mass is 19.1. The molecule has 0 unspecified atom stereocenters. The lowest BCUT2D eigenvalue weighted by atomic mass is 9.94. The molecule has 4 aromatic carbocycles. The molecule has 0 aliphatic heterocycles. The van der Waals surface area contributed by atoms with Crippen molar-refractivity contribution in [3.8, 4) is 34.1 Å². The lowest BCUT2D eigenvalue weighted by molar-refractivity contribution is 0.482. The molecule has 0 aliphatic rings. The van der Waals surface area contributed by atoms with Gasteiger partial charge in [-0.05, 0) is 79.3 Å². The summed E-state index contributed by atoms with van der Waals surface area (Å²) in [4.78, 5) is 4.48. The number of hydrogen-bond acceptors (Lipinski definition) is 3. The molecule has 0 bridgehead atoms. The van der Waals surface area contributed by atoms with Crippen molar-refractivity contribution >= 4 is 21.8 Å². The van der Waals surface area contributed by atoms with E-state index in [4.69, 9.17) is 9.84 Å². The van der Waals surface area contributed by atoms with Crippen LogP contribution in [-0.2, 0) is 6.42 Å². The van der Waals surface area contributed by atoms with Gasteiger partial charge in [0.2, 0.25) is 0 Å². The highest BCUT2D eigenvalue weighted by Crippen LogP contribution is 2.37. The second-order valence-corrected chi connectivity index (χ2v) is 11.9. The smallest absolute Gasteiger partial charge is 0.140 e. The third-order valence-corrected chi connectivity index (χ3v) is 8.57. The molecule has 0 fully saturated rings. The summed E-state index contributed by atoms with van der Waals surface area (Å²) in [6, 6.07) is 31.7. The van der Waals surface area contributed by atoms with E-state index in [2.05, 4.69) is 80.7 Å². The molecule has 0 saturated carbocycles. The number of benzene rings is 4. The Morgan fingerprint density at radius 3 is 2.36 bits per heavy atom. The van der Waals surface area contributed by atoms with E-state index in [9.17, 15) is 4.39 Å². The van der Waals surface area contributed by atoms with E-state index in [0.717, 1.165) is 39.6 Å². The summed E-state index contributed by atoms with van der Waals surface area (Å²) in [6.45, 7) is 10.9. The summed E-state index contributed by atoms with van der Waals surface area (Å²) in [6.07, 6.45) is 2.33. The number of nitrogens with zero attached hydrogens (tertiary/aromatic N) is 4. The van der Waals surface area contributed by atoms with E-state index in [0.29, 0.717) is 17.3 Å². The molecule has 0 spiro atoms. The second-order valence-electron chi connectivity index (χ2n) is 11.9. The van der Waals surface area contributed by atoms with Crippen molar-refractivity contribution in [1.82, 2.24) is 19.3 Å². The maximum absolute atomic E-state index is 14.3. The van der Waals surface area contributed by atoms with Crippen molar-refractivity contribution in [3.63, 3.8) is 0 Å². The van der Waals surface area contributed by atoms with Crippen LogP contribution < -0.4 is 4.74 Å². The molecule has 0 N–H and O–H groups in total. The Balaban J connectivity index is 1.31. The average molecular weight is 595 g/mol. The Morgan fingerprint density at radius 2 is 1.58 bits per heavy atom. The fourth-order valence-corrected chi connectivity index (χ4v) is 6.22. The lowest BCUT2D eigenvalue weighted by Gasteiger charge is -2.12. The standard InChI is InChI=1S/C39H35FN4O/c1-6-34-38(27-15-14-25(4)26(5)20-27)39(24(2)3)42-44(34)29-10-9-11-30(22-29)45-31-16-17-33-32-12-7-8-13-35(32)43(36(33)23-31)37-21-28(40)18-19-41-37/h7-24H,6H2,1-5H3. The van der Waals surface area contributed by atoms with Crippen LogP contribution in [0, 0.1) is 19.7 Å². The zero-order chi connectivity index (χ0) is 31.2. The molecule has 224 valence electrons. The van der Waals surface area contributed by atoms with E-state index >= 15 is 0 Å². The number of para-hydroxylation sites is 1. The van der Waals surface area contributed by atoms with E-state index in [-0.39, 0.29) is 11.7 Å². The van der Waals surface area contributed by atoms with Crippen molar-refractivity contribution in [2.24, 2.45) is 0 Å². The molecular weight excluding hydrogens is 559 g/mol. The lowest BCUT2D eigenvalue weighted by Crippen LogP contribution is -2.02. The van der Waals surface area contributed by atoms with Crippen LogP contribution in [0.25, 0.3) is 44.4 Å². The van der Waals surface area contributed by atoms with Crippen LogP contribution in [0.4, 0.5) is 4.39 Å². The minimum absolute atomic E-state index is 0.263. The third kappa shape index (κ3) is 5.06.